The van der Waals surface area contributed by atoms with E-state index in [0.717, 1.165) is 6.61 Å². The molecular weight excluding hydrogens is 309 g/mol. The molecule has 19 heavy (non-hydrogen) atoms. The van der Waals surface area contributed by atoms with E-state index < -0.39 is 0 Å². The Morgan fingerprint density at radius 3 is 1.63 bits per heavy atom. The maximum atomic E-state index is 5.98. The van der Waals surface area contributed by atoms with Crippen molar-refractivity contribution < 1.29 is 37.4 Å². The van der Waals surface area contributed by atoms with Gasteiger partial charge in [0.25, 0.3) is 0 Å². The van der Waals surface area contributed by atoms with Crippen molar-refractivity contribution in [2.24, 2.45) is 16.7 Å². The third-order valence-electron chi connectivity index (χ3n) is 3.29. The van der Waals surface area contributed by atoms with Crippen molar-refractivity contribution in [1.29, 1.82) is 0 Å². The predicted octanol–water partition coefficient (Wildman–Crippen LogP) is 5.80. The topological polar surface area (TPSA) is 9.23 Å². The van der Waals surface area contributed by atoms with Gasteiger partial charge in [0, 0.05) is 39.3 Å². The van der Waals surface area contributed by atoms with Gasteiger partial charge in [-0.2, -0.15) is 6.92 Å². The molecule has 1 nitrogen and oxygen atoms in total. The Morgan fingerprint density at radius 1 is 0.947 bits per heavy atom. The molecule has 0 saturated carbocycles. The molecular formula is C17H38OY-2. The van der Waals surface area contributed by atoms with Crippen LogP contribution in [-0.2, 0) is 37.4 Å². The van der Waals surface area contributed by atoms with E-state index in [2.05, 4.69) is 48.5 Å². The molecule has 0 bridgehead atoms. The summed E-state index contributed by atoms with van der Waals surface area (Å²) < 4.78 is 5.98. The Labute approximate surface area is 149 Å². The second-order valence-corrected chi connectivity index (χ2v) is 6.77. The van der Waals surface area contributed by atoms with Crippen LogP contribution in [-0.4, -0.2) is 12.7 Å². The number of ether oxygens (including phenoxy) is 1. The zero-order valence-corrected chi connectivity index (χ0v) is 16.8. The van der Waals surface area contributed by atoms with Gasteiger partial charge in [0.15, 0.2) is 0 Å². The summed E-state index contributed by atoms with van der Waals surface area (Å²) in [6, 6.07) is 0. The standard InChI is InChI=1S/C13H26O.C2H5.CH4.CH3.Y/c1-12(2,3)10-8-7-9-14-11(10)13(4,5)6;1-2;;;/h10-11H,7-9H2,1-6H3;1H2,2H3;1H4;1H3;/q;-1;;-1;. The molecule has 1 heterocycles. The predicted molar refractivity (Wildman–Crippen MR) is 85.6 cm³/mol. The summed E-state index contributed by atoms with van der Waals surface area (Å²) in [5.41, 5.74) is 0.650. The normalized spacial score (nSPS) is 22.7. The van der Waals surface area contributed by atoms with Gasteiger partial charge >= 0.3 is 0 Å². The minimum Gasteiger partial charge on any atom is -0.377 e. The van der Waals surface area contributed by atoms with Crippen LogP contribution in [0.1, 0.15) is 68.7 Å². The molecule has 1 aliphatic heterocycles. The van der Waals surface area contributed by atoms with Gasteiger partial charge < -0.3 is 19.1 Å². The van der Waals surface area contributed by atoms with E-state index in [1.54, 1.807) is 6.92 Å². The number of hydrogen-bond donors (Lipinski definition) is 0. The van der Waals surface area contributed by atoms with E-state index in [-0.39, 0.29) is 53.0 Å². The Morgan fingerprint density at radius 2 is 1.37 bits per heavy atom. The molecule has 0 aromatic rings. The Balaban J connectivity index is -0.000000214. The average molecular weight is 347 g/mol. The molecule has 1 fully saturated rings. The molecule has 0 aromatic carbocycles. The van der Waals surface area contributed by atoms with Crippen LogP contribution in [0, 0.1) is 31.1 Å². The molecule has 1 aliphatic rings. The van der Waals surface area contributed by atoms with Gasteiger partial charge in [-0.25, -0.2) is 0 Å². The van der Waals surface area contributed by atoms with Crippen molar-refractivity contribution in [3.05, 3.63) is 14.4 Å². The molecule has 117 valence electrons. The SMILES string of the molecule is C.CC(C)(C)C1CCCOC1C(C)(C)C.[CH2-]C.[CH3-].[Y]. The third kappa shape index (κ3) is 9.59. The Kier molecular flexibility index (Phi) is 17.4. The molecule has 0 N–H and O–H groups in total. The molecule has 1 rings (SSSR count). The van der Waals surface area contributed by atoms with E-state index in [1.807, 2.05) is 0 Å². The van der Waals surface area contributed by atoms with E-state index in [1.165, 1.54) is 12.8 Å². The molecule has 0 spiro atoms. The second kappa shape index (κ2) is 11.7. The van der Waals surface area contributed by atoms with E-state index in [4.69, 9.17) is 4.74 Å². The van der Waals surface area contributed by atoms with Crippen LogP contribution in [0.2, 0.25) is 0 Å². The van der Waals surface area contributed by atoms with Gasteiger partial charge in [-0.05, 0) is 29.6 Å². The number of hydrogen-bond acceptors (Lipinski definition) is 1. The van der Waals surface area contributed by atoms with Crippen molar-refractivity contribution in [3.8, 4) is 0 Å². The Hall–Kier alpha value is 1.06. The van der Waals surface area contributed by atoms with E-state index in [9.17, 15) is 0 Å². The first-order valence-electron chi connectivity index (χ1n) is 6.55. The van der Waals surface area contributed by atoms with Crippen LogP contribution in [0.15, 0.2) is 0 Å². The van der Waals surface area contributed by atoms with Gasteiger partial charge in [-0.3, -0.25) is 0 Å². The first kappa shape index (κ1) is 28.3. The maximum absolute atomic E-state index is 5.98. The molecule has 2 atom stereocenters. The summed E-state index contributed by atoms with van der Waals surface area (Å²) in [7, 11) is 0. The summed E-state index contributed by atoms with van der Waals surface area (Å²) in [5, 5.41) is 0. The van der Waals surface area contributed by atoms with Crippen molar-refractivity contribution in [1.82, 2.24) is 0 Å². The van der Waals surface area contributed by atoms with Crippen LogP contribution in [0.25, 0.3) is 0 Å². The minimum atomic E-state index is 0. The van der Waals surface area contributed by atoms with Crippen molar-refractivity contribution in [2.75, 3.05) is 6.61 Å². The summed E-state index contributed by atoms with van der Waals surface area (Å²) in [5.74, 6) is 0.705. The first-order valence-corrected chi connectivity index (χ1v) is 6.55. The van der Waals surface area contributed by atoms with Crippen molar-refractivity contribution in [2.45, 2.75) is 74.8 Å². The fourth-order valence-electron chi connectivity index (χ4n) is 2.52. The zero-order valence-electron chi connectivity index (χ0n) is 14.0. The van der Waals surface area contributed by atoms with Crippen LogP contribution in [0.4, 0.5) is 0 Å². The fourth-order valence-corrected chi connectivity index (χ4v) is 2.52. The molecule has 0 aliphatic carbocycles. The van der Waals surface area contributed by atoms with E-state index in [0.29, 0.717) is 17.4 Å². The second-order valence-electron chi connectivity index (χ2n) is 6.77. The average Bonchev–Trinajstić information content (AvgIpc) is 2.18. The van der Waals surface area contributed by atoms with Crippen LogP contribution in [0.3, 0.4) is 0 Å². The fraction of sp³-hybridized carbons (Fsp3) is 0.882. The zero-order chi connectivity index (χ0) is 13.0. The largest absolute Gasteiger partial charge is 0.377 e. The quantitative estimate of drug-likeness (QED) is 0.503. The summed E-state index contributed by atoms with van der Waals surface area (Å²) >= 11 is 0. The van der Waals surface area contributed by atoms with E-state index >= 15 is 0 Å². The van der Waals surface area contributed by atoms with Gasteiger partial charge in [0.05, 0.1) is 6.10 Å². The summed E-state index contributed by atoms with van der Waals surface area (Å²) in [6.07, 6.45) is 2.98. The smallest absolute Gasteiger partial charge is 0.0656 e. The van der Waals surface area contributed by atoms with Gasteiger partial charge in [0.2, 0.25) is 0 Å². The molecule has 0 amide bonds. The van der Waals surface area contributed by atoms with Crippen LogP contribution >= 0.6 is 0 Å². The molecule has 0 aromatic heterocycles. The van der Waals surface area contributed by atoms with Gasteiger partial charge in [-0.1, -0.05) is 49.0 Å². The van der Waals surface area contributed by atoms with Gasteiger partial charge in [-0.15, -0.1) is 0 Å². The van der Waals surface area contributed by atoms with Crippen LogP contribution in [0.5, 0.6) is 0 Å². The summed E-state index contributed by atoms with van der Waals surface area (Å²) in [6.45, 7) is 19.8. The monoisotopic (exact) mass is 347 g/mol. The Bertz CT molecular complexity index is 166. The number of rotatable bonds is 0. The van der Waals surface area contributed by atoms with Crippen molar-refractivity contribution >= 4 is 0 Å². The molecule has 2 heteroatoms. The molecule has 1 radical (unpaired) electrons. The van der Waals surface area contributed by atoms with Crippen molar-refractivity contribution in [3.63, 3.8) is 0 Å². The minimum absolute atomic E-state index is 0. The van der Waals surface area contributed by atoms with Crippen LogP contribution < -0.4 is 0 Å². The maximum Gasteiger partial charge on any atom is 0.0656 e. The third-order valence-corrected chi connectivity index (χ3v) is 3.29. The summed E-state index contributed by atoms with van der Waals surface area (Å²) in [4.78, 5) is 0. The first-order chi connectivity index (χ1) is 7.23. The molecule has 2 unspecified atom stereocenters. The molecule has 1 saturated heterocycles. The van der Waals surface area contributed by atoms with Gasteiger partial charge in [0.1, 0.15) is 0 Å².